The normalized spacial score (nSPS) is 22.1. The number of anilines is 1. The molecule has 4 heterocycles. The summed E-state index contributed by atoms with van der Waals surface area (Å²) in [5.41, 5.74) is -0.0453. The molecule has 1 aromatic heterocycles. The van der Waals surface area contributed by atoms with Crippen LogP contribution in [0, 0.1) is 0 Å². The monoisotopic (exact) mass is 459 g/mol. The van der Waals surface area contributed by atoms with Crippen molar-refractivity contribution in [2.45, 2.75) is 12.0 Å². The highest BCUT2D eigenvalue weighted by Gasteiger charge is 2.64. The Bertz CT molecular complexity index is 1380. The molecule has 0 saturated carbocycles. The van der Waals surface area contributed by atoms with Crippen LogP contribution in [0.4, 0.5) is 5.69 Å². The van der Waals surface area contributed by atoms with Gasteiger partial charge in [-0.1, -0.05) is 30.3 Å². The van der Waals surface area contributed by atoms with E-state index in [1.807, 2.05) is 24.3 Å². The van der Waals surface area contributed by atoms with Crippen molar-refractivity contribution in [1.82, 2.24) is 9.80 Å². The van der Waals surface area contributed by atoms with Gasteiger partial charge in [0.15, 0.2) is 11.0 Å². The number of likely N-dealkylation sites (N-methyl/N-ethyl adjacent to an activating group) is 1. The van der Waals surface area contributed by atoms with Crippen LogP contribution in [-0.4, -0.2) is 68.1 Å². The summed E-state index contributed by atoms with van der Waals surface area (Å²) in [6.45, 7) is 4.17. The third-order valence-electron chi connectivity index (χ3n) is 7.23. The van der Waals surface area contributed by atoms with Gasteiger partial charge < -0.3 is 19.0 Å². The maximum atomic E-state index is 14.0. The van der Waals surface area contributed by atoms with Crippen molar-refractivity contribution < 1.29 is 18.7 Å². The number of para-hydroxylation sites is 2. The van der Waals surface area contributed by atoms with Gasteiger partial charge in [-0.2, -0.15) is 0 Å². The molecule has 8 heteroatoms. The lowest BCUT2D eigenvalue weighted by molar-refractivity contribution is -0.125. The van der Waals surface area contributed by atoms with E-state index in [1.165, 1.54) is 0 Å². The summed E-state index contributed by atoms with van der Waals surface area (Å²) in [5.74, 6) is -0.762. The topological polar surface area (TPSA) is 83.3 Å². The molecule has 0 unspecified atom stereocenters. The number of ether oxygens (including phenoxy) is 1. The Balaban J connectivity index is 1.52. The van der Waals surface area contributed by atoms with Crippen molar-refractivity contribution in [2.24, 2.45) is 0 Å². The molecule has 2 amide bonds. The fourth-order valence-corrected chi connectivity index (χ4v) is 5.62. The van der Waals surface area contributed by atoms with Crippen molar-refractivity contribution in [3.05, 3.63) is 75.6 Å². The van der Waals surface area contributed by atoms with Crippen LogP contribution < -0.4 is 10.3 Å². The maximum absolute atomic E-state index is 14.0. The molecule has 174 valence electrons. The highest BCUT2D eigenvalue weighted by atomic mass is 16.5. The van der Waals surface area contributed by atoms with Crippen molar-refractivity contribution in [3.8, 4) is 0 Å². The summed E-state index contributed by atoms with van der Waals surface area (Å²) in [6, 6.07) is 14.2. The zero-order valence-electron chi connectivity index (χ0n) is 19.0. The SMILES string of the molecule is CN1C(=O)[C@@]2(c3ccccc31)c1c(oc3ccccc3c1=O)C(=O)N2CCCN1CCOCC1. The van der Waals surface area contributed by atoms with E-state index in [0.29, 0.717) is 48.4 Å². The van der Waals surface area contributed by atoms with E-state index in [4.69, 9.17) is 9.15 Å². The molecule has 8 nitrogen and oxygen atoms in total. The van der Waals surface area contributed by atoms with E-state index in [2.05, 4.69) is 4.90 Å². The fourth-order valence-electron chi connectivity index (χ4n) is 5.62. The van der Waals surface area contributed by atoms with E-state index in [-0.39, 0.29) is 22.7 Å². The van der Waals surface area contributed by atoms with Gasteiger partial charge in [-0.25, -0.2) is 0 Å². The van der Waals surface area contributed by atoms with Crippen molar-refractivity contribution in [1.29, 1.82) is 0 Å². The number of nitrogens with zero attached hydrogens (tertiary/aromatic N) is 3. The number of fused-ring (bicyclic) bond motifs is 5. The molecule has 3 aliphatic heterocycles. The summed E-state index contributed by atoms with van der Waals surface area (Å²) < 4.78 is 11.4. The molecule has 0 radical (unpaired) electrons. The number of carbonyl (C=O) groups is 2. The lowest BCUT2D eigenvalue weighted by Gasteiger charge is -2.35. The van der Waals surface area contributed by atoms with Gasteiger partial charge in [0.1, 0.15) is 5.58 Å². The number of rotatable bonds is 4. The minimum absolute atomic E-state index is 0.0338. The first-order chi connectivity index (χ1) is 16.5. The molecular weight excluding hydrogens is 434 g/mol. The summed E-state index contributed by atoms with van der Waals surface area (Å²) in [4.78, 5) is 47.0. The van der Waals surface area contributed by atoms with E-state index in [0.717, 1.165) is 19.6 Å². The summed E-state index contributed by atoms with van der Waals surface area (Å²) in [5, 5.41) is 0.364. The Morgan fingerprint density at radius 3 is 2.50 bits per heavy atom. The predicted molar refractivity (Wildman–Crippen MR) is 126 cm³/mol. The molecule has 1 spiro atoms. The van der Waals surface area contributed by atoms with Crippen LogP contribution in [0.2, 0.25) is 0 Å². The van der Waals surface area contributed by atoms with E-state index < -0.39 is 11.4 Å². The number of benzene rings is 2. The van der Waals surface area contributed by atoms with Crippen molar-refractivity contribution in [2.75, 3.05) is 51.3 Å². The largest absolute Gasteiger partial charge is 0.450 e. The number of morpholine rings is 1. The molecule has 3 aromatic rings. The van der Waals surface area contributed by atoms with Gasteiger partial charge in [-0.15, -0.1) is 0 Å². The Morgan fingerprint density at radius 1 is 0.941 bits per heavy atom. The molecule has 0 aliphatic carbocycles. The molecule has 1 fully saturated rings. The van der Waals surface area contributed by atoms with Crippen LogP contribution in [-0.2, 0) is 15.1 Å². The molecule has 34 heavy (non-hydrogen) atoms. The second-order valence-electron chi connectivity index (χ2n) is 8.99. The van der Waals surface area contributed by atoms with Crippen LogP contribution in [0.15, 0.2) is 57.7 Å². The van der Waals surface area contributed by atoms with Crippen LogP contribution in [0.25, 0.3) is 11.0 Å². The molecule has 2 aromatic carbocycles. The standard InChI is InChI=1S/C26H25N3O5/c1-27-19-9-4-3-8-18(19)26(25(27)32)21-22(30)17-7-2-5-10-20(17)34-23(21)24(31)29(26)12-6-11-28-13-15-33-16-14-28/h2-5,7-10H,6,11-16H2,1H3/t26-/m1/s1. The molecule has 1 atom stereocenters. The third-order valence-corrected chi connectivity index (χ3v) is 7.23. The maximum Gasteiger partial charge on any atom is 0.291 e. The average molecular weight is 460 g/mol. The lowest BCUT2D eigenvalue weighted by Crippen LogP contribution is -2.53. The Morgan fingerprint density at radius 2 is 1.68 bits per heavy atom. The summed E-state index contributed by atoms with van der Waals surface area (Å²) in [7, 11) is 1.69. The molecule has 3 aliphatic rings. The van der Waals surface area contributed by atoms with Gasteiger partial charge in [0.25, 0.3) is 11.8 Å². The van der Waals surface area contributed by atoms with E-state index in [1.54, 1.807) is 41.1 Å². The van der Waals surface area contributed by atoms with E-state index >= 15 is 0 Å². The van der Waals surface area contributed by atoms with Crippen LogP contribution in [0.5, 0.6) is 0 Å². The summed E-state index contributed by atoms with van der Waals surface area (Å²) in [6.07, 6.45) is 0.661. The zero-order valence-corrected chi connectivity index (χ0v) is 19.0. The summed E-state index contributed by atoms with van der Waals surface area (Å²) >= 11 is 0. The first-order valence-corrected chi connectivity index (χ1v) is 11.6. The predicted octanol–water partition coefficient (Wildman–Crippen LogP) is 2.19. The van der Waals surface area contributed by atoms with Gasteiger partial charge in [0, 0.05) is 44.5 Å². The van der Waals surface area contributed by atoms with Gasteiger partial charge in [-0.3, -0.25) is 19.3 Å². The smallest absolute Gasteiger partial charge is 0.291 e. The molecule has 0 N–H and O–H groups in total. The number of carbonyl (C=O) groups excluding carboxylic acids is 2. The lowest BCUT2D eigenvalue weighted by atomic mass is 9.84. The quantitative estimate of drug-likeness (QED) is 0.595. The average Bonchev–Trinajstić information content (AvgIpc) is 3.25. The minimum Gasteiger partial charge on any atom is -0.450 e. The van der Waals surface area contributed by atoms with Gasteiger partial charge in [0.2, 0.25) is 5.76 Å². The van der Waals surface area contributed by atoms with Crippen molar-refractivity contribution >= 4 is 28.5 Å². The van der Waals surface area contributed by atoms with Crippen molar-refractivity contribution in [3.63, 3.8) is 0 Å². The molecule has 0 bridgehead atoms. The minimum atomic E-state index is -1.52. The number of amides is 2. The van der Waals surface area contributed by atoms with Gasteiger partial charge in [-0.05, 0) is 24.6 Å². The van der Waals surface area contributed by atoms with Crippen LogP contribution >= 0.6 is 0 Å². The highest BCUT2D eigenvalue weighted by molar-refractivity contribution is 6.16. The van der Waals surface area contributed by atoms with Gasteiger partial charge >= 0.3 is 0 Å². The van der Waals surface area contributed by atoms with Gasteiger partial charge in [0.05, 0.1) is 24.2 Å². The first kappa shape index (κ1) is 21.1. The first-order valence-electron chi connectivity index (χ1n) is 11.6. The number of hydrogen-bond acceptors (Lipinski definition) is 6. The Hall–Kier alpha value is -3.49. The number of hydrogen-bond donors (Lipinski definition) is 0. The molecular formula is C26H25N3O5. The Labute approximate surface area is 196 Å². The molecule has 1 saturated heterocycles. The second-order valence-corrected chi connectivity index (χ2v) is 8.99. The fraction of sp³-hybridized carbons (Fsp3) is 0.346. The third kappa shape index (κ3) is 2.75. The van der Waals surface area contributed by atoms with Crippen LogP contribution in [0.1, 0.15) is 28.1 Å². The second kappa shape index (κ2) is 7.78. The van der Waals surface area contributed by atoms with Crippen LogP contribution in [0.3, 0.4) is 0 Å². The van der Waals surface area contributed by atoms with E-state index in [9.17, 15) is 14.4 Å². The molecule has 6 rings (SSSR count). The Kier molecular flexibility index (Phi) is 4.82. The highest BCUT2D eigenvalue weighted by Crippen LogP contribution is 2.52. The zero-order chi connectivity index (χ0) is 23.4.